The molecule has 1 aromatic heterocycles. The predicted octanol–water partition coefficient (Wildman–Crippen LogP) is 0.697. The molecule has 1 aliphatic rings. The molecule has 0 amide bonds. The van der Waals surface area contributed by atoms with E-state index in [0.717, 1.165) is 32.9 Å². The Morgan fingerprint density at radius 3 is 2.79 bits per heavy atom. The van der Waals surface area contributed by atoms with E-state index in [9.17, 15) is 19.2 Å². The summed E-state index contributed by atoms with van der Waals surface area (Å²) in [5.41, 5.74) is 2.57. The zero-order valence-corrected chi connectivity index (χ0v) is 16.6. The standard InChI is InChI=1S/C18H25N3O8/c1-12(17(24)26-3)29-18(25)28-11-27-16-13(10-22)21(9-7-14(16)23)19-15-6-4-5-8-20(15)2/h7,9-10,12,15,19H,4-6,8,11H2,1-3H3/t12-,15?/m1/s1. The average Bonchev–Trinajstić information content (AvgIpc) is 2.71. The van der Waals surface area contributed by atoms with E-state index in [1.54, 1.807) is 0 Å². The van der Waals surface area contributed by atoms with E-state index in [1.165, 1.54) is 23.9 Å². The molecule has 2 heterocycles. The fraction of sp³-hybridized carbons (Fsp3) is 0.556. The van der Waals surface area contributed by atoms with E-state index in [1.807, 2.05) is 7.05 Å². The minimum atomic E-state index is -1.19. The summed E-state index contributed by atoms with van der Waals surface area (Å²) in [6.07, 6.45) is 2.57. The maximum atomic E-state index is 12.1. The van der Waals surface area contributed by atoms with Crippen molar-refractivity contribution in [3.8, 4) is 5.75 Å². The molecule has 0 aliphatic carbocycles. The number of esters is 1. The first-order chi connectivity index (χ1) is 13.9. The van der Waals surface area contributed by atoms with Gasteiger partial charge in [0.15, 0.2) is 18.1 Å². The maximum Gasteiger partial charge on any atom is 0.512 e. The number of ether oxygens (including phenoxy) is 4. The van der Waals surface area contributed by atoms with Crippen LogP contribution in [-0.2, 0) is 19.0 Å². The summed E-state index contributed by atoms with van der Waals surface area (Å²) in [6, 6.07) is 1.23. The van der Waals surface area contributed by atoms with Gasteiger partial charge in [-0.15, -0.1) is 0 Å². The van der Waals surface area contributed by atoms with Crippen LogP contribution in [0.4, 0.5) is 4.79 Å². The molecule has 1 aromatic rings. The number of pyridine rings is 1. The normalized spacial score (nSPS) is 17.7. The van der Waals surface area contributed by atoms with Gasteiger partial charge in [0, 0.05) is 12.3 Å². The molecule has 0 saturated carbocycles. The summed E-state index contributed by atoms with van der Waals surface area (Å²) in [7, 11) is 3.11. The van der Waals surface area contributed by atoms with Crippen molar-refractivity contribution in [1.29, 1.82) is 0 Å². The highest BCUT2D eigenvalue weighted by Gasteiger charge is 2.22. The fourth-order valence-corrected chi connectivity index (χ4v) is 2.83. The Labute approximate surface area is 167 Å². The Morgan fingerprint density at radius 1 is 1.38 bits per heavy atom. The van der Waals surface area contributed by atoms with E-state index in [4.69, 9.17) is 4.74 Å². The highest BCUT2D eigenvalue weighted by molar-refractivity contribution is 5.77. The van der Waals surface area contributed by atoms with Gasteiger partial charge in [-0.2, -0.15) is 0 Å². The molecular weight excluding hydrogens is 386 g/mol. The van der Waals surface area contributed by atoms with Crippen LogP contribution in [0.15, 0.2) is 17.1 Å². The maximum absolute atomic E-state index is 12.1. The Hall–Kier alpha value is -3.08. The Kier molecular flexibility index (Phi) is 8.01. The largest absolute Gasteiger partial charge is 0.512 e. The van der Waals surface area contributed by atoms with Crippen LogP contribution >= 0.6 is 0 Å². The molecule has 1 unspecified atom stereocenters. The second-order valence-electron chi connectivity index (χ2n) is 6.44. The van der Waals surface area contributed by atoms with Crippen LogP contribution in [0, 0.1) is 0 Å². The molecule has 1 fully saturated rings. The molecule has 160 valence electrons. The smallest absolute Gasteiger partial charge is 0.466 e. The van der Waals surface area contributed by atoms with E-state index >= 15 is 0 Å². The van der Waals surface area contributed by atoms with Gasteiger partial charge in [0.05, 0.1) is 13.3 Å². The number of carbonyl (C=O) groups excluding carboxylic acids is 3. The second kappa shape index (κ2) is 10.5. The summed E-state index contributed by atoms with van der Waals surface area (Å²) in [4.78, 5) is 48.6. The zero-order chi connectivity index (χ0) is 21.4. The van der Waals surface area contributed by atoms with Crippen molar-refractivity contribution in [3.05, 3.63) is 28.2 Å². The lowest BCUT2D eigenvalue weighted by Crippen LogP contribution is -2.45. The third-order valence-corrected chi connectivity index (χ3v) is 4.45. The number of nitrogens with zero attached hydrogens (tertiary/aromatic N) is 2. The molecule has 29 heavy (non-hydrogen) atoms. The van der Waals surface area contributed by atoms with Crippen LogP contribution in [-0.4, -0.2) is 67.8 Å². The molecule has 2 rings (SSSR count). The molecule has 11 nitrogen and oxygen atoms in total. The molecule has 0 aromatic carbocycles. The van der Waals surface area contributed by atoms with Gasteiger partial charge < -0.3 is 24.4 Å². The van der Waals surface area contributed by atoms with Crippen LogP contribution in [0.25, 0.3) is 0 Å². The number of methoxy groups -OCH3 is 1. The molecule has 0 spiro atoms. The first kappa shape index (κ1) is 22.2. The SMILES string of the molecule is COC(=O)[C@@H](C)OC(=O)OCOc1c(C=O)n(NC2CCCCN2C)ccc1=O. The Bertz CT molecular complexity index is 794. The topological polar surface area (TPSA) is 125 Å². The van der Waals surface area contributed by atoms with Gasteiger partial charge in [0.2, 0.25) is 12.2 Å². The summed E-state index contributed by atoms with van der Waals surface area (Å²) >= 11 is 0. The second-order valence-corrected chi connectivity index (χ2v) is 6.44. The first-order valence-electron chi connectivity index (χ1n) is 9.09. The monoisotopic (exact) mass is 411 g/mol. The summed E-state index contributed by atoms with van der Waals surface area (Å²) in [6.45, 7) is 1.54. The van der Waals surface area contributed by atoms with Crippen molar-refractivity contribution in [3.63, 3.8) is 0 Å². The quantitative estimate of drug-likeness (QED) is 0.371. The summed E-state index contributed by atoms with van der Waals surface area (Å²) in [5, 5.41) is 0. The van der Waals surface area contributed by atoms with Gasteiger partial charge in [0.25, 0.3) is 0 Å². The number of rotatable bonds is 8. The molecule has 0 bridgehead atoms. The van der Waals surface area contributed by atoms with Crippen molar-refractivity contribution in [1.82, 2.24) is 9.58 Å². The van der Waals surface area contributed by atoms with Crippen LogP contribution < -0.4 is 15.6 Å². The number of aromatic nitrogens is 1. The molecule has 1 aliphatic heterocycles. The third-order valence-electron chi connectivity index (χ3n) is 4.45. The van der Waals surface area contributed by atoms with Crippen LogP contribution in [0.1, 0.15) is 36.7 Å². The van der Waals surface area contributed by atoms with E-state index in [-0.39, 0.29) is 17.6 Å². The van der Waals surface area contributed by atoms with Gasteiger partial charge in [0.1, 0.15) is 5.69 Å². The van der Waals surface area contributed by atoms with E-state index in [0.29, 0.717) is 6.29 Å². The Balaban J connectivity index is 2.02. The average molecular weight is 411 g/mol. The third kappa shape index (κ3) is 5.95. The lowest BCUT2D eigenvalue weighted by Gasteiger charge is -2.34. The van der Waals surface area contributed by atoms with Crippen molar-refractivity contribution in [2.75, 3.05) is 32.9 Å². The van der Waals surface area contributed by atoms with E-state index < -0.39 is 30.5 Å². The van der Waals surface area contributed by atoms with Gasteiger partial charge in [-0.1, -0.05) is 0 Å². The minimum absolute atomic E-state index is 0.0103. The summed E-state index contributed by atoms with van der Waals surface area (Å²) < 4.78 is 20.4. The van der Waals surface area contributed by atoms with Crippen molar-refractivity contribution < 1.29 is 33.3 Å². The van der Waals surface area contributed by atoms with Crippen LogP contribution in [0.2, 0.25) is 0 Å². The van der Waals surface area contributed by atoms with Crippen LogP contribution in [0.3, 0.4) is 0 Å². The number of piperidine rings is 1. The number of hydrogen-bond donors (Lipinski definition) is 1. The van der Waals surface area contributed by atoms with Gasteiger partial charge >= 0.3 is 12.1 Å². The van der Waals surface area contributed by atoms with Crippen LogP contribution in [0.5, 0.6) is 5.75 Å². The number of carbonyl (C=O) groups is 3. The molecule has 2 atom stereocenters. The van der Waals surface area contributed by atoms with E-state index in [2.05, 4.69) is 24.5 Å². The number of hydrogen-bond acceptors (Lipinski definition) is 10. The molecule has 0 radical (unpaired) electrons. The molecule has 1 N–H and O–H groups in total. The lowest BCUT2D eigenvalue weighted by molar-refractivity contribution is -0.151. The number of aldehydes is 1. The predicted molar refractivity (Wildman–Crippen MR) is 100 cm³/mol. The van der Waals surface area contributed by atoms with Crippen molar-refractivity contribution >= 4 is 18.4 Å². The molecule has 11 heteroatoms. The fourth-order valence-electron chi connectivity index (χ4n) is 2.83. The Morgan fingerprint density at radius 2 is 2.14 bits per heavy atom. The minimum Gasteiger partial charge on any atom is -0.466 e. The first-order valence-corrected chi connectivity index (χ1v) is 9.09. The molecular formula is C18H25N3O8. The zero-order valence-electron chi connectivity index (χ0n) is 16.6. The van der Waals surface area contributed by atoms with Crippen molar-refractivity contribution in [2.24, 2.45) is 0 Å². The molecule has 1 saturated heterocycles. The van der Waals surface area contributed by atoms with Gasteiger partial charge in [-0.3, -0.25) is 19.2 Å². The number of likely N-dealkylation sites (tertiary alicyclic amines) is 1. The van der Waals surface area contributed by atoms with Crippen molar-refractivity contribution in [2.45, 2.75) is 38.5 Å². The van der Waals surface area contributed by atoms with Gasteiger partial charge in [-0.05, 0) is 39.8 Å². The highest BCUT2D eigenvalue weighted by atomic mass is 16.8. The summed E-state index contributed by atoms with van der Waals surface area (Å²) in [5.74, 6) is -1.03. The number of nitrogens with one attached hydrogen (secondary N) is 1. The highest BCUT2D eigenvalue weighted by Crippen LogP contribution is 2.16. The lowest BCUT2D eigenvalue weighted by atomic mass is 10.1. The van der Waals surface area contributed by atoms with Gasteiger partial charge in [-0.25, -0.2) is 9.59 Å².